The Morgan fingerprint density at radius 2 is 1.80 bits per heavy atom. The summed E-state index contributed by atoms with van der Waals surface area (Å²) in [7, 11) is 1.80. The number of amides is 2. The zero-order valence-corrected chi connectivity index (χ0v) is 13.6. The molecule has 0 heterocycles. The lowest BCUT2D eigenvalue weighted by Crippen LogP contribution is -2.41. The molecule has 0 radical (unpaired) electrons. The molecule has 2 amide bonds. The van der Waals surface area contributed by atoms with Crippen molar-refractivity contribution in [1.82, 2.24) is 10.2 Å². The van der Waals surface area contributed by atoms with Crippen molar-refractivity contribution in [2.45, 2.75) is 46.2 Å². The Morgan fingerprint density at radius 1 is 1.20 bits per heavy atom. The van der Waals surface area contributed by atoms with Gasteiger partial charge in [-0.25, -0.2) is 4.79 Å². The Labute approximate surface area is 127 Å². The van der Waals surface area contributed by atoms with Crippen molar-refractivity contribution in [1.29, 1.82) is 0 Å². The number of hydrogen-bond donors (Lipinski definition) is 1. The predicted molar refractivity (Wildman–Crippen MR) is 85.0 cm³/mol. The van der Waals surface area contributed by atoms with Gasteiger partial charge in [0.25, 0.3) is 0 Å². The van der Waals surface area contributed by atoms with Gasteiger partial charge in [0.05, 0.1) is 0 Å². The van der Waals surface area contributed by atoms with Gasteiger partial charge >= 0.3 is 6.03 Å². The van der Waals surface area contributed by atoms with E-state index in [0.717, 1.165) is 18.4 Å². The minimum Gasteiger partial charge on any atom is -0.336 e. The van der Waals surface area contributed by atoms with Crippen LogP contribution in [0.2, 0.25) is 5.02 Å². The van der Waals surface area contributed by atoms with Crippen LogP contribution in [0.4, 0.5) is 4.79 Å². The van der Waals surface area contributed by atoms with Gasteiger partial charge in [0.1, 0.15) is 0 Å². The molecule has 20 heavy (non-hydrogen) atoms. The van der Waals surface area contributed by atoms with Crippen LogP contribution in [-0.2, 0) is 6.54 Å². The van der Waals surface area contributed by atoms with Gasteiger partial charge in [-0.1, -0.05) is 37.6 Å². The van der Waals surface area contributed by atoms with Crippen LogP contribution < -0.4 is 5.32 Å². The summed E-state index contributed by atoms with van der Waals surface area (Å²) in [5.41, 5.74) is 1.07. The lowest BCUT2D eigenvalue weighted by Gasteiger charge is -2.22. The number of carbonyl (C=O) groups excluding carboxylic acids is 1. The molecule has 0 bridgehead atoms. The van der Waals surface area contributed by atoms with E-state index < -0.39 is 0 Å². The van der Waals surface area contributed by atoms with E-state index in [1.807, 2.05) is 24.3 Å². The SMILES string of the molecule is CC(C)CCC(C)NC(=O)N(C)Cc1ccc(Cl)cc1. The highest BCUT2D eigenvalue weighted by Crippen LogP contribution is 2.11. The zero-order chi connectivity index (χ0) is 15.1. The second-order valence-corrected chi connectivity index (χ2v) is 6.24. The van der Waals surface area contributed by atoms with E-state index in [1.165, 1.54) is 0 Å². The maximum Gasteiger partial charge on any atom is 0.317 e. The maximum atomic E-state index is 12.1. The normalized spacial score (nSPS) is 12.3. The van der Waals surface area contributed by atoms with Crippen LogP contribution in [0.3, 0.4) is 0 Å². The van der Waals surface area contributed by atoms with E-state index in [1.54, 1.807) is 11.9 Å². The molecular formula is C16H25ClN2O. The highest BCUT2D eigenvalue weighted by molar-refractivity contribution is 6.30. The third-order valence-electron chi connectivity index (χ3n) is 3.23. The van der Waals surface area contributed by atoms with Crippen LogP contribution in [-0.4, -0.2) is 24.0 Å². The number of nitrogens with one attached hydrogen (secondary N) is 1. The maximum absolute atomic E-state index is 12.1. The number of hydrogen-bond acceptors (Lipinski definition) is 1. The number of nitrogens with zero attached hydrogens (tertiary/aromatic N) is 1. The number of rotatable bonds is 6. The van der Waals surface area contributed by atoms with Gasteiger partial charge in [0.15, 0.2) is 0 Å². The molecular weight excluding hydrogens is 272 g/mol. The van der Waals surface area contributed by atoms with Gasteiger partial charge < -0.3 is 10.2 Å². The number of benzene rings is 1. The van der Waals surface area contributed by atoms with Crippen molar-refractivity contribution in [3.05, 3.63) is 34.9 Å². The molecule has 0 saturated carbocycles. The molecule has 3 nitrogen and oxygen atoms in total. The molecule has 1 rings (SSSR count). The molecule has 0 aliphatic heterocycles. The lowest BCUT2D eigenvalue weighted by molar-refractivity contribution is 0.202. The van der Waals surface area contributed by atoms with Crippen molar-refractivity contribution >= 4 is 17.6 Å². The second-order valence-electron chi connectivity index (χ2n) is 5.80. The zero-order valence-electron chi connectivity index (χ0n) is 12.8. The molecule has 1 unspecified atom stereocenters. The summed E-state index contributed by atoms with van der Waals surface area (Å²) in [6.45, 7) is 7.03. The Morgan fingerprint density at radius 3 is 2.35 bits per heavy atom. The molecule has 1 aromatic rings. The predicted octanol–water partition coefficient (Wildman–Crippen LogP) is 4.31. The van der Waals surface area contributed by atoms with Gasteiger partial charge in [0, 0.05) is 24.7 Å². The summed E-state index contributed by atoms with van der Waals surface area (Å²) >= 11 is 5.85. The summed E-state index contributed by atoms with van der Waals surface area (Å²) in [6.07, 6.45) is 2.14. The Bertz CT molecular complexity index is 417. The fraction of sp³-hybridized carbons (Fsp3) is 0.562. The molecule has 1 aromatic carbocycles. The first-order valence-electron chi connectivity index (χ1n) is 7.14. The van der Waals surface area contributed by atoms with Crippen molar-refractivity contribution < 1.29 is 4.79 Å². The minimum atomic E-state index is -0.0313. The first-order valence-corrected chi connectivity index (χ1v) is 7.52. The summed E-state index contributed by atoms with van der Waals surface area (Å²) in [5.74, 6) is 0.668. The molecule has 1 atom stereocenters. The van der Waals surface area contributed by atoms with Crippen molar-refractivity contribution in [2.24, 2.45) is 5.92 Å². The van der Waals surface area contributed by atoms with E-state index >= 15 is 0 Å². The van der Waals surface area contributed by atoms with E-state index in [-0.39, 0.29) is 12.1 Å². The summed E-state index contributed by atoms with van der Waals surface area (Å²) in [5, 5.41) is 3.74. The molecule has 0 aliphatic carbocycles. The van der Waals surface area contributed by atoms with Gasteiger partial charge in [-0.3, -0.25) is 0 Å². The summed E-state index contributed by atoms with van der Waals surface area (Å²) in [6, 6.07) is 7.73. The highest BCUT2D eigenvalue weighted by atomic mass is 35.5. The summed E-state index contributed by atoms with van der Waals surface area (Å²) in [4.78, 5) is 13.7. The third kappa shape index (κ3) is 6.29. The van der Waals surface area contributed by atoms with Crippen LogP contribution in [0.25, 0.3) is 0 Å². The standard InChI is InChI=1S/C16H25ClN2O/c1-12(2)5-6-13(3)18-16(20)19(4)11-14-7-9-15(17)10-8-14/h7-10,12-13H,5-6,11H2,1-4H3,(H,18,20). The molecule has 0 spiro atoms. The van der Waals surface area contributed by atoms with Crippen LogP contribution in [0.5, 0.6) is 0 Å². The first-order chi connectivity index (χ1) is 9.38. The fourth-order valence-electron chi connectivity index (χ4n) is 1.91. The van der Waals surface area contributed by atoms with E-state index in [2.05, 4.69) is 26.1 Å². The average molecular weight is 297 g/mol. The second kappa shape index (κ2) is 8.15. The van der Waals surface area contributed by atoms with E-state index in [4.69, 9.17) is 11.6 Å². The highest BCUT2D eigenvalue weighted by Gasteiger charge is 2.12. The monoisotopic (exact) mass is 296 g/mol. The van der Waals surface area contributed by atoms with Gasteiger partial charge in [-0.05, 0) is 43.4 Å². The molecule has 0 aliphatic rings. The van der Waals surface area contributed by atoms with Crippen LogP contribution in [0.15, 0.2) is 24.3 Å². The molecule has 0 aromatic heterocycles. The van der Waals surface area contributed by atoms with Gasteiger partial charge in [-0.2, -0.15) is 0 Å². The van der Waals surface area contributed by atoms with E-state index in [0.29, 0.717) is 17.5 Å². The van der Waals surface area contributed by atoms with Crippen molar-refractivity contribution in [3.8, 4) is 0 Å². The molecule has 0 fully saturated rings. The molecule has 112 valence electrons. The van der Waals surface area contributed by atoms with Crippen molar-refractivity contribution in [3.63, 3.8) is 0 Å². The minimum absolute atomic E-state index is 0.0313. The first kappa shape index (κ1) is 16.8. The smallest absolute Gasteiger partial charge is 0.317 e. The van der Waals surface area contributed by atoms with Crippen LogP contribution in [0, 0.1) is 5.92 Å². The van der Waals surface area contributed by atoms with E-state index in [9.17, 15) is 4.79 Å². The fourth-order valence-corrected chi connectivity index (χ4v) is 2.04. The van der Waals surface area contributed by atoms with Gasteiger partial charge in [-0.15, -0.1) is 0 Å². The Kier molecular flexibility index (Phi) is 6.86. The number of carbonyl (C=O) groups is 1. The average Bonchev–Trinajstić information content (AvgIpc) is 2.39. The third-order valence-corrected chi connectivity index (χ3v) is 3.48. The molecule has 4 heteroatoms. The Balaban J connectivity index is 2.40. The Hall–Kier alpha value is -1.22. The van der Waals surface area contributed by atoms with Crippen LogP contribution >= 0.6 is 11.6 Å². The largest absolute Gasteiger partial charge is 0.336 e. The van der Waals surface area contributed by atoms with Gasteiger partial charge in [0.2, 0.25) is 0 Å². The molecule has 0 saturated heterocycles. The van der Waals surface area contributed by atoms with Crippen molar-refractivity contribution in [2.75, 3.05) is 7.05 Å². The topological polar surface area (TPSA) is 32.3 Å². The van der Waals surface area contributed by atoms with Crippen LogP contribution in [0.1, 0.15) is 39.2 Å². The lowest BCUT2D eigenvalue weighted by atomic mass is 10.0. The quantitative estimate of drug-likeness (QED) is 0.834. The number of urea groups is 1. The summed E-state index contributed by atoms with van der Waals surface area (Å²) < 4.78 is 0. The molecule has 1 N–H and O–H groups in total. The number of halogens is 1.